The van der Waals surface area contributed by atoms with Crippen molar-refractivity contribution in [1.82, 2.24) is 15.1 Å². The highest BCUT2D eigenvalue weighted by molar-refractivity contribution is 5.15. The van der Waals surface area contributed by atoms with Crippen LogP contribution in [0.3, 0.4) is 0 Å². The number of hydrogen-bond acceptors (Lipinski definition) is 3. The second-order valence-corrected chi connectivity index (χ2v) is 5.36. The largest absolute Gasteiger partial charge is 0.396 e. The van der Waals surface area contributed by atoms with Crippen molar-refractivity contribution in [2.75, 3.05) is 6.61 Å². The molecule has 108 valence electrons. The normalized spacial score (nSPS) is 14.2. The van der Waals surface area contributed by atoms with Gasteiger partial charge in [0.15, 0.2) is 0 Å². The predicted octanol–water partition coefficient (Wildman–Crippen LogP) is 2.04. The second kappa shape index (κ2) is 7.22. The fraction of sp³-hybridized carbons (Fsp3) is 0.438. The third-order valence-electron chi connectivity index (χ3n) is 3.64. The number of nitrogens with one attached hydrogen (secondary N) is 1. The van der Waals surface area contributed by atoms with Crippen molar-refractivity contribution in [2.24, 2.45) is 5.92 Å². The molecule has 2 N–H and O–H groups in total. The van der Waals surface area contributed by atoms with E-state index in [1.54, 1.807) is 0 Å². The van der Waals surface area contributed by atoms with Gasteiger partial charge in [-0.05, 0) is 18.4 Å². The summed E-state index contributed by atoms with van der Waals surface area (Å²) in [4.78, 5) is 0. The van der Waals surface area contributed by atoms with Gasteiger partial charge in [-0.15, -0.1) is 0 Å². The second-order valence-electron chi connectivity index (χ2n) is 5.36. The van der Waals surface area contributed by atoms with Crippen LogP contribution in [0.2, 0.25) is 0 Å². The summed E-state index contributed by atoms with van der Waals surface area (Å²) in [6, 6.07) is 10.6. The van der Waals surface area contributed by atoms with Crippen LogP contribution in [0, 0.1) is 5.92 Å². The van der Waals surface area contributed by atoms with E-state index in [0.717, 1.165) is 18.7 Å². The zero-order valence-electron chi connectivity index (χ0n) is 12.2. The summed E-state index contributed by atoms with van der Waals surface area (Å²) in [5, 5.41) is 16.9. The molecule has 0 saturated carbocycles. The lowest BCUT2D eigenvalue weighted by Crippen LogP contribution is -2.33. The minimum Gasteiger partial charge on any atom is -0.396 e. The lowest BCUT2D eigenvalue weighted by atomic mass is 10.1. The Morgan fingerprint density at radius 3 is 2.65 bits per heavy atom. The average molecular weight is 273 g/mol. The van der Waals surface area contributed by atoms with Crippen LogP contribution in [0.15, 0.2) is 42.7 Å². The van der Waals surface area contributed by atoms with E-state index in [0.29, 0.717) is 0 Å². The average Bonchev–Trinajstić information content (AvgIpc) is 2.92. The molecule has 4 nitrogen and oxygen atoms in total. The minimum absolute atomic E-state index is 0.210. The Kier molecular flexibility index (Phi) is 5.32. The van der Waals surface area contributed by atoms with Crippen LogP contribution in [-0.4, -0.2) is 27.5 Å². The standard InChI is InChI=1S/C16H23N3O/c1-13(12-20)14(2)17-8-16-9-18-19(11-16)10-15-6-4-3-5-7-15/h3-7,9,11,13-14,17,20H,8,10,12H2,1-2H3. The summed E-state index contributed by atoms with van der Waals surface area (Å²) < 4.78 is 1.95. The summed E-state index contributed by atoms with van der Waals surface area (Å²) in [6.07, 6.45) is 3.96. The van der Waals surface area contributed by atoms with Gasteiger partial charge in [-0.3, -0.25) is 4.68 Å². The highest BCUT2D eigenvalue weighted by atomic mass is 16.3. The van der Waals surface area contributed by atoms with Gasteiger partial charge >= 0.3 is 0 Å². The van der Waals surface area contributed by atoms with E-state index >= 15 is 0 Å². The maximum absolute atomic E-state index is 9.11. The fourth-order valence-electron chi connectivity index (χ4n) is 1.99. The van der Waals surface area contributed by atoms with E-state index in [4.69, 9.17) is 5.11 Å². The van der Waals surface area contributed by atoms with Crippen molar-refractivity contribution in [1.29, 1.82) is 0 Å². The Hall–Kier alpha value is -1.65. The maximum atomic E-state index is 9.11. The zero-order chi connectivity index (χ0) is 14.4. The molecule has 2 rings (SSSR count). The Bertz CT molecular complexity index is 509. The van der Waals surface area contributed by atoms with Gasteiger partial charge in [-0.1, -0.05) is 37.3 Å². The van der Waals surface area contributed by atoms with E-state index in [-0.39, 0.29) is 18.6 Å². The molecule has 20 heavy (non-hydrogen) atoms. The third-order valence-corrected chi connectivity index (χ3v) is 3.64. The molecule has 2 unspecified atom stereocenters. The summed E-state index contributed by atoms with van der Waals surface area (Å²) in [5.41, 5.74) is 2.41. The molecule has 0 radical (unpaired) electrons. The third kappa shape index (κ3) is 4.18. The number of rotatable bonds is 7. The van der Waals surface area contributed by atoms with Crippen molar-refractivity contribution < 1.29 is 5.11 Å². The Balaban J connectivity index is 1.86. The minimum atomic E-state index is 0.210. The molecular formula is C16H23N3O. The Morgan fingerprint density at radius 1 is 1.20 bits per heavy atom. The molecule has 0 saturated heterocycles. The number of aromatic nitrogens is 2. The van der Waals surface area contributed by atoms with Crippen molar-refractivity contribution in [2.45, 2.75) is 33.0 Å². The Morgan fingerprint density at radius 2 is 1.95 bits per heavy atom. The van der Waals surface area contributed by atoms with Gasteiger partial charge in [0.05, 0.1) is 12.7 Å². The van der Waals surface area contributed by atoms with Gasteiger partial charge in [0.2, 0.25) is 0 Å². The highest BCUT2D eigenvalue weighted by Gasteiger charge is 2.10. The molecule has 0 aliphatic rings. The van der Waals surface area contributed by atoms with Crippen LogP contribution >= 0.6 is 0 Å². The molecule has 1 aromatic carbocycles. The first-order valence-electron chi connectivity index (χ1n) is 7.08. The summed E-state index contributed by atoms with van der Waals surface area (Å²) in [5.74, 6) is 0.259. The summed E-state index contributed by atoms with van der Waals surface area (Å²) >= 11 is 0. The highest BCUT2D eigenvalue weighted by Crippen LogP contribution is 2.06. The number of benzene rings is 1. The van der Waals surface area contributed by atoms with Crippen molar-refractivity contribution in [3.63, 3.8) is 0 Å². The van der Waals surface area contributed by atoms with E-state index < -0.39 is 0 Å². The predicted molar refractivity (Wildman–Crippen MR) is 80.3 cm³/mol. The first kappa shape index (κ1) is 14.8. The fourth-order valence-corrected chi connectivity index (χ4v) is 1.99. The van der Waals surface area contributed by atoms with Crippen LogP contribution in [0.1, 0.15) is 25.0 Å². The van der Waals surface area contributed by atoms with Crippen LogP contribution < -0.4 is 5.32 Å². The first-order valence-corrected chi connectivity index (χ1v) is 7.08. The van der Waals surface area contributed by atoms with Crippen molar-refractivity contribution in [3.05, 3.63) is 53.9 Å². The van der Waals surface area contributed by atoms with Crippen molar-refractivity contribution in [3.8, 4) is 0 Å². The van der Waals surface area contributed by atoms with Gasteiger partial charge in [0.25, 0.3) is 0 Å². The summed E-state index contributed by atoms with van der Waals surface area (Å²) in [6.45, 7) is 5.91. The molecule has 0 bridgehead atoms. The van der Waals surface area contributed by atoms with Gasteiger partial charge in [0, 0.05) is 31.0 Å². The molecule has 1 heterocycles. The number of aliphatic hydroxyl groups excluding tert-OH is 1. The number of aliphatic hydroxyl groups is 1. The quantitative estimate of drug-likeness (QED) is 0.811. The van der Waals surface area contributed by atoms with E-state index in [1.165, 1.54) is 5.56 Å². The van der Waals surface area contributed by atoms with Gasteiger partial charge in [-0.25, -0.2) is 0 Å². The maximum Gasteiger partial charge on any atom is 0.0659 e. The molecule has 0 spiro atoms. The number of hydrogen-bond donors (Lipinski definition) is 2. The van der Waals surface area contributed by atoms with Crippen LogP contribution in [0.5, 0.6) is 0 Å². The lowest BCUT2D eigenvalue weighted by Gasteiger charge is -2.18. The van der Waals surface area contributed by atoms with Crippen LogP contribution in [0.25, 0.3) is 0 Å². The lowest BCUT2D eigenvalue weighted by molar-refractivity contribution is 0.207. The van der Waals surface area contributed by atoms with E-state index in [1.807, 2.05) is 36.0 Å². The van der Waals surface area contributed by atoms with Crippen molar-refractivity contribution >= 4 is 0 Å². The molecule has 0 amide bonds. The molecule has 0 aliphatic heterocycles. The van der Waals surface area contributed by atoms with Gasteiger partial charge in [-0.2, -0.15) is 5.10 Å². The monoisotopic (exact) mass is 273 g/mol. The molecule has 4 heteroatoms. The molecule has 1 aromatic heterocycles. The molecular weight excluding hydrogens is 250 g/mol. The van der Waals surface area contributed by atoms with E-state index in [9.17, 15) is 0 Å². The van der Waals surface area contributed by atoms with E-state index in [2.05, 4.69) is 35.7 Å². The SMILES string of the molecule is CC(CO)C(C)NCc1cnn(Cc2ccccc2)c1. The first-order chi connectivity index (χ1) is 9.69. The van der Waals surface area contributed by atoms with Gasteiger partial charge in [0.1, 0.15) is 0 Å². The molecule has 0 fully saturated rings. The molecule has 0 aliphatic carbocycles. The smallest absolute Gasteiger partial charge is 0.0659 e. The molecule has 2 atom stereocenters. The van der Waals surface area contributed by atoms with Gasteiger partial charge < -0.3 is 10.4 Å². The van der Waals surface area contributed by atoms with Crippen LogP contribution in [0.4, 0.5) is 0 Å². The zero-order valence-corrected chi connectivity index (χ0v) is 12.2. The number of nitrogens with zero attached hydrogens (tertiary/aromatic N) is 2. The summed E-state index contributed by atoms with van der Waals surface area (Å²) in [7, 11) is 0. The molecule has 2 aromatic rings. The topological polar surface area (TPSA) is 50.1 Å². The Labute approximate surface area is 120 Å². The van der Waals surface area contributed by atoms with Crippen LogP contribution in [-0.2, 0) is 13.1 Å².